The zero-order valence-corrected chi connectivity index (χ0v) is 20.7. The van der Waals surface area contributed by atoms with E-state index in [0.29, 0.717) is 9.80 Å². The fourth-order valence-electron chi connectivity index (χ4n) is 3.17. The van der Waals surface area contributed by atoms with Gasteiger partial charge in [0.15, 0.2) is 5.41 Å². The molecule has 1 rings (SSSR count). The predicted molar refractivity (Wildman–Crippen MR) is 122 cm³/mol. The van der Waals surface area contributed by atoms with Gasteiger partial charge in [-0.05, 0) is 66.0 Å². The normalized spacial score (nSPS) is 14.3. The van der Waals surface area contributed by atoms with Gasteiger partial charge in [0.1, 0.15) is 0 Å². The molecule has 2 atom stereocenters. The van der Waals surface area contributed by atoms with Crippen molar-refractivity contribution in [3.05, 3.63) is 40.3 Å². The first-order valence-electron chi connectivity index (χ1n) is 10.7. The second-order valence-corrected chi connectivity index (χ2v) is 9.80. The fourth-order valence-corrected chi connectivity index (χ4v) is 4.58. The van der Waals surface area contributed by atoms with Gasteiger partial charge in [-0.15, -0.1) is 0 Å². The van der Waals surface area contributed by atoms with Crippen LogP contribution >= 0.6 is 0 Å². The zero-order valence-electron chi connectivity index (χ0n) is 20.9. The van der Waals surface area contributed by atoms with Crippen molar-refractivity contribution in [3.63, 3.8) is 0 Å². The first kappa shape index (κ1) is 25.3. The molecule has 174 valence electrons. The van der Waals surface area contributed by atoms with Crippen LogP contribution in [0.5, 0.6) is 0 Å². The second-order valence-electron chi connectivity index (χ2n) is 8.30. The van der Waals surface area contributed by atoms with Gasteiger partial charge in [0.25, 0.3) is 0 Å². The average Bonchev–Trinajstić information content (AvgIpc) is 2.77. The third-order valence-electron chi connectivity index (χ3n) is 5.36. The maximum atomic E-state index is 13.4. The Labute approximate surface area is 190 Å². The van der Waals surface area contributed by atoms with Crippen molar-refractivity contribution in [1.82, 2.24) is 0 Å². The van der Waals surface area contributed by atoms with Crippen molar-refractivity contribution < 1.29 is 29.4 Å². The Hall–Kier alpha value is -1.99. The highest BCUT2D eigenvalue weighted by Gasteiger charge is 2.49. The van der Waals surface area contributed by atoms with E-state index in [9.17, 15) is 13.8 Å². The number of hydrogen-bond donors (Lipinski definition) is 0. The molecule has 0 fully saturated rings. The van der Waals surface area contributed by atoms with Crippen LogP contribution < -0.4 is 0 Å². The smallest absolute Gasteiger partial charge is 0.323 e. The number of carbonyl (C=O) groups is 2. The summed E-state index contributed by atoms with van der Waals surface area (Å²) >= 11 is 0. The first-order valence-corrected chi connectivity index (χ1v) is 11.3. The SMILES string of the molecule is [2H]C(CCC(CC(=C(C)C)S(=O)c1ccc(C)cc1)(C(=O)OC)C(=O)OC)C(C)(C)OC. The standard InChI is InChI=1S/C24H36O6S/c1-17(2)20(31(27)19-12-10-18(3)11-13-19)16-24(21(25)28-6,22(26)29-7)15-9-14-23(4,5)30-8/h10-13H,9,14-16H2,1-8H3/i14D. The molecule has 0 saturated heterocycles. The summed E-state index contributed by atoms with van der Waals surface area (Å²) < 4.78 is 37.3. The van der Waals surface area contributed by atoms with Crippen molar-refractivity contribution in [2.75, 3.05) is 21.3 Å². The number of esters is 2. The molecule has 1 aromatic rings. The Balaban J connectivity index is 3.45. The fraction of sp³-hybridized carbons (Fsp3) is 0.583. The zero-order chi connectivity index (χ0) is 24.7. The van der Waals surface area contributed by atoms with Gasteiger partial charge in [-0.1, -0.05) is 23.3 Å². The summed E-state index contributed by atoms with van der Waals surface area (Å²) in [5, 5.41) is 0. The summed E-state index contributed by atoms with van der Waals surface area (Å²) in [7, 11) is 2.34. The Kier molecular flexibility index (Phi) is 9.44. The van der Waals surface area contributed by atoms with Gasteiger partial charge in [0.2, 0.25) is 0 Å². The summed E-state index contributed by atoms with van der Waals surface area (Å²) in [5.41, 5.74) is -0.729. The molecule has 0 bridgehead atoms. The highest BCUT2D eigenvalue weighted by molar-refractivity contribution is 7.89. The molecular formula is C24H36O6S. The summed E-state index contributed by atoms with van der Waals surface area (Å²) in [6.45, 7) is 9.07. The molecule has 0 heterocycles. The molecule has 0 aliphatic carbocycles. The third kappa shape index (κ3) is 7.01. The molecule has 0 aromatic heterocycles. The topological polar surface area (TPSA) is 78.9 Å². The van der Waals surface area contributed by atoms with Crippen LogP contribution in [0, 0.1) is 12.3 Å². The van der Waals surface area contributed by atoms with Gasteiger partial charge >= 0.3 is 11.9 Å². The van der Waals surface area contributed by atoms with Crippen LogP contribution in [0.4, 0.5) is 0 Å². The molecule has 2 unspecified atom stereocenters. The van der Waals surface area contributed by atoms with E-state index >= 15 is 0 Å². The third-order valence-corrected chi connectivity index (χ3v) is 7.06. The lowest BCUT2D eigenvalue weighted by Gasteiger charge is -2.31. The molecule has 7 heteroatoms. The van der Waals surface area contributed by atoms with Crippen molar-refractivity contribution in [2.24, 2.45) is 5.41 Å². The van der Waals surface area contributed by atoms with E-state index in [4.69, 9.17) is 15.6 Å². The first-order chi connectivity index (χ1) is 14.9. The van der Waals surface area contributed by atoms with Crippen LogP contribution in [0.3, 0.4) is 0 Å². The van der Waals surface area contributed by atoms with E-state index in [1.54, 1.807) is 39.8 Å². The number of carbonyl (C=O) groups excluding carboxylic acids is 2. The quantitative estimate of drug-likeness (QED) is 0.356. The number of benzene rings is 1. The van der Waals surface area contributed by atoms with Crippen molar-refractivity contribution in [2.45, 2.75) is 70.8 Å². The monoisotopic (exact) mass is 453 g/mol. The average molecular weight is 454 g/mol. The molecule has 0 radical (unpaired) electrons. The van der Waals surface area contributed by atoms with Crippen LogP contribution in [0.25, 0.3) is 0 Å². The Bertz CT molecular complexity index is 840. The lowest BCUT2D eigenvalue weighted by atomic mass is 9.78. The molecule has 31 heavy (non-hydrogen) atoms. The maximum Gasteiger partial charge on any atom is 0.323 e. The summed E-state index contributed by atoms with van der Waals surface area (Å²) in [5.74, 6) is -1.54. The van der Waals surface area contributed by atoms with E-state index < -0.39 is 40.2 Å². The van der Waals surface area contributed by atoms with Crippen LogP contribution in [0.15, 0.2) is 39.6 Å². The van der Waals surface area contributed by atoms with Crippen molar-refractivity contribution in [1.29, 1.82) is 0 Å². The Morgan fingerprint density at radius 3 is 1.97 bits per heavy atom. The minimum absolute atomic E-state index is 0.00478. The number of allylic oxidation sites excluding steroid dienone is 2. The van der Waals surface area contributed by atoms with E-state index in [0.717, 1.165) is 11.1 Å². The number of methoxy groups -OCH3 is 3. The van der Waals surface area contributed by atoms with Gasteiger partial charge in [-0.3, -0.25) is 9.59 Å². The van der Waals surface area contributed by atoms with Crippen LogP contribution in [-0.4, -0.2) is 43.1 Å². The lowest BCUT2D eigenvalue weighted by Crippen LogP contribution is -2.42. The van der Waals surface area contributed by atoms with E-state index in [-0.39, 0.29) is 19.3 Å². The van der Waals surface area contributed by atoms with Gasteiger partial charge in [0, 0.05) is 24.7 Å². The van der Waals surface area contributed by atoms with Gasteiger partial charge in [-0.25, -0.2) is 4.21 Å². The van der Waals surface area contributed by atoms with Crippen LogP contribution in [0.1, 0.15) is 60.3 Å². The lowest BCUT2D eigenvalue weighted by molar-refractivity contribution is -0.170. The predicted octanol–water partition coefficient (Wildman–Crippen LogP) is 4.71. The minimum atomic E-state index is -1.72. The largest absolute Gasteiger partial charge is 0.468 e. The summed E-state index contributed by atoms with van der Waals surface area (Å²) in [4.78, 5) is 27.0. The van der Waals surface area contributed by atoms with Crippen LogP contribution in [0.2, 0.25) is 0 Å². The molecule has 0 N–H and O–H groups in total. The van der Waals surface area contributed by atoms with Crippen molar-refractivity contribution in [3.8, 4) is 0 Å². The van der Waals surface area contributed by atoms with Gasteiger partial charge in [0.05, 0.1) is 30.6 Å². The highest BCUT2D eigenvalue weighted by atomic mass is 32.2. The molecule has 0 aliphatic rings. The number of aryl methyl sites for hydroxylation is 1. The molecule has 0 spiro atoms. The molecule has 1 aromatic carbocycles. The Morgan fingerprint density at radius 2 is 1.55 bits per heavy atom. The van der Waals surface area contributed by atoms with E-state index in [1.807, 2.05) is 19.1 Å². The Morgan fingerprint density at radius 1 is 1.03 bits per heavy atom. The summed E-state index contributed by atoms with van der Waals surface area (Å²) in [6, 6.07) is 7.27. The molecule has 0 amide bonds. The minimum Gasteiger partial charge on any atom is -0.468 e. The van der Waals surface area contributed by atoms with E-state index in [2.05, 4.69) is 0 Å². The maximum absolute atomic E-state index is 13.4. The number of hydrogen-bond acceptors (Lipinski definition) is 6. The second kappa shape index (κ2) is 11.6. The number of ether oxygens (including phenoxy) is 3. The number of rotatable bonds is 11. The molecule has 6 nitrogen and oxygen atoms in total. The van der Waals surface area contributed by atoms with Gasteiger partial charge < -0.3 is 14.2 Å². The molecule has 0 saturated carbocycles. The van der Waals surface area contributed by atoms with Gasteiger partial charge in [-0.2, -0.15) is 0 Å². The molecule has 0 aliphatic heterocycles. The van der Waals surface area contributed by atoms with E-state index in [1.165, 1.54) is 21.3 Å². The van der Waals surface area contributed by atoms with Crippen molar-refractivity contribution >= 4 is 22.7 Å². The molecular weight excluding hydrogens is 416 g/mol. The van der Waals surface area contributed by atoms with Crippen LogP contribution in [-0.2, 0) is 34.6 Å². The summed E-state index contributed by atoms with van der Waals surface area (Å²) in [6.07, 6.45) is -0.665. The highest BCUT2D eigenvalue weighted by Crippen LogP contribution is 2.39.